The molecule has 40 heavy (non-hydrogen) atoms. The van der Waals surface area contributed by atoms with Crippen molar-refractivity contribution in [3.63, 3.8) is 0 Å². The number of ether oxygens (including phenoxy) is 2. The van der Waals surface area contributed by atoms with Gasteiger partial charge < -0.3 is 0 Å². The molecule has 4 nitrogen and oxygen atoms in total. The average Bonchev–Trinajstić information content (AvgIpc) is 2.97. The van der Waals surface area contributed by atoms with Crippen molar-refractivity contribution in [2.75, 3.05) is 12.0 Å². The molecular weight excluding hydrogens is 608 g/mol. The maximum absolute atomic E-state index is 14.7. The predicted octanol–water partition coefficient (Wildman–Crippen LogP) is 9.24. The van der Waals surface area contributed by atoms with E-state index in [9.17, 15) is 9.18 Å². The summed E-state index contributed by atoms with van der Waals surface area (Å²) in [5, 5.41) is 0. The number of anilines is 1. The van der Waals surface area contributed by atoms with E-state index in [-0.39, 0.29) is 5.91 Å². The van der Waals surface area contributed by atoms with E-state index in [1.807, 2.05) is 30.3 Å². The molecule has 0 unspecified atom stereocenters. The third kappa shape index (κ3) is 8.48. The molecule has 3 aromatic rings. The van der Waals surface area contributed by atoms with Gasteiger partial charge in [-0.15, -0.1) is 0 Å². The summed E-state index contributed by atoms with van der Waals surface area (Å²) in [6, 6.07) is 20.3. The van der Waals surface area contributed by atoms with Crippen LogP contribution < -0.4 is 18.0 Å². The first-order chi connectivity index (χ1) is 19.4. The first-order valence-electron chi connectivity index (χ1n) is 14.8. The molecule has 0 spiro atoms. The molecule has 0 bridgehead atoms. The normalized spacial score (nSPS) is 11.3. The van der Waals surface area contributed by atoms with Gasteiger partial charge >= 0.3 is 246 Å². The van der Waals surface area contributed by atoms with Crippen LogP contribution in [0.2, 0.25) is 13.3 Å². The zero-order valence-electron chi connectivity index (χ0n) is 25.0. The average molecular weight is 654 g/mol. The topological polar surface area (TPSA) is 38.8 Å². The Labute approximate surface area is 244 Å². The molecule has 6 heteroatoms. The minimum absolute atomic E-state index is 0.159. The van der Waals surface area contributed by atoms with Crippen molar-refractivity contribution in [3.8, 4) is 17.2 Å². The van der Waals surface area contributed by atoms with Crippen LogP contribution in [0.5, 0.6) is 17.2 Å². The van der Waals surface area contributed by atoms with E-state index in [2.05, 4.69) is 39.0 Å². The van der Waals surface area contributed by atoms with Crippen molar-refractivity contribution in [2.24, 2.45) is 0 Å². The van der Waals surface area contributed by atoms with Crippen molar-refractivity contribution >= 4 is 33.6 Å². The van der Waals surface area contributed by atoms with Gasteiger partial charge in [-0.2, -0.15) is 0 Å². The van der Waals surface area contributed by atoms with Crippen LogP contribution in [0, 0.1) is 5.82 Å². The summed E-state index contributed by atoms with van der Waals surface area (Å²) in [7, 11) is 1.68. The summed E-state index contributed by atoms with van der Waals surface area (Å²) < 4.78 is 31.9. The molecule has 0 N–H and O–H groups in total. The standard InChI is InChI=1S/C22H19FNO3.3C4H9.Sn/c1-16(25)24(15-17-7-6-10-20(13-17)26-2)21-14-18(23)11-12-22(21)27-19-8-4-3-5-9-19;3*1-3-4-2;/h3-6,8-14H,15H2,1-2H3;3*1,3-4H2,2H3;. The van der Waals surface area contributed by atoms with Gasteiger partial charge in [0, 0.05) is 0 Å². The number of amides is 1. The third-order valence-corrected chi connectivity index (χ3v) is 23.7. The van der Waals surface area contributed by atoms with E-state index >= 15 is 0 Å². The van der Waals surface area contributed by atoms with Crippen LogP contribution in [-0.2, 0) is 11.3 Å². The Morgan fingerprint density at radius 1 is 0.825 bits per heavy atom. The fourth-order valence-corrected chi connectivity index (χ4v) is 22.5. The minimum atomic E-state index is -2.88. The number of hydrogen-bond acceptors (Lipinski definition) is 3. The Bertz CT molecular complexity index is 1200. The van der Waals surface area contributed by atoms with Crippen LogP contribution in [0.4, 0.5) is 10.1 Å². The summed E-state index contributed by atoms with van der Waals surface area (Å²) in [5.74, 6) is 1.30. The van der Waals surface area contributed by atoms with Gasteiger partial charge in [-0.25, -0.2) is 0 Å². The van der Waals surface area contributed by atoms with Crippen molar-refractivity contribution < 1.29 is 18.7 Å². The Balaban J connectivity index is 2.14. The second-order valence-corrected chi connectivity index (χ2v) is 23.9. The first-order valence-corrected chi connectivity index (χ1v) is 22.3. The molecule has 0 fully saturated rings. The van der Waals surface area contributed by atoms with Crippen molar-refractivity contribution in [2.45, 2.75) is 86.1 Å². The number of carbonyl (C=O) groups excluding carboxylic acids is 1. The Morgan fingerprint density at radius 2 is 1.45 bits per heavy atom. The van der Waals surface area contributed by atoms with Gasteiger partial charge in [0.15, 0.2) is 0 Å². The summed E-state index contributed by atoms with van der Waals surface area (Å²) in [6.07, 6.45) is 7.28. The number of carbonyl (C=O) groups is 1. The SMILES string of the molecule is CCC[CH2][Sn]([CH2]CCC)([CH2]CCC)[c]1ccc(OC)cc1CN(C(C)=O)c1cc(F)ccc1Oc1ccccc1. The Kier molecular flexibility index (Phi) is 12.8. The second-order valence-electron chi connectivity index (χ2n) is 10.7. The van der Waals surface area contributed by atoms with Gasteiger partial charge in [0.2, 0.25) is 0 Å². The number of para-hydroxylation sites is 1. The van der Waals surface area contributed by atoms with Crippen molar-refractivity contribution in [1.82, 2.24) is 0 Å². The van der Waals surface area contributed by atoms with Crippen LogP contribution in [-0.4, -0.2) is 31.4 Å². The maximum atomic E-state index is 14.7. The van der Waals surface area contributed by atoms with Crippen LogP contribution >= 0.6 is 0 Å². The van der Waals surface area contributed by atoms with E-state index in [0.717, 1.165) is 11.3 Å². The molecule has 0 heterocycles. The van der Waals surface area contributed by atoms with Gasteiger partial charge in [0.05, 0.1) is 0 Å². The number of benzene rings is 3. The molecule has 0 saturated heterocycles. The van der Waals surface area contributed by atoms with E-state index < -0.39 is 24.2 Å². The van der Waals surface area contributed by atoms with Crippen LogP contribution in [0.15, 0.2) is 66.7 Å². The molecule has 216 valence electrons. The van der Waals surface area contributed by atoms with Gasteiger partial charge in [-0.3, -0.25) is 0 Å². The molecule has 3 rings (SSSR count). The fourth-order valence-electron chi connectivity index (χ4n) is 5.61. The monoisotopic (exact) mass is 655 g/mol. The van der Waals surface area contributed by atoms with E-state index in [1.165, 1.54) is 67.5 Å². The summed E-state index contributed by atoms with van der Waals surface area (Å²) in [5.41, 5.74) is 1.56. The number of nitrogens with zero attached hydrogens (tertiary/aromatic N) is 1. The van der Waals surface area contributed by atoms with Crippen molar-refractivity contribution in [3.05, 3.63) is 78.1 Å². The molecule has 3 aromatic carbocycles. The van der Waals surface area contributed by atoms with Gasteiger partial charge in [0.25, 0.3) is 0 Å². The summed E-state index contributed by atoms with van der Waals surface area (Å²) in [4.78, 5) is 14.9. The molecule has 0 saturated carbocycles. The van der Waals surface area contributed by atoms with Gasteiger partial charge in [-0.05, 0) is 0 Å². The summed E-state index contributed by atoms with van der Waals surface area (Å²) >= 11 is -2.88. The summed E-state index contributed by atoms with van der Waals surface area (Å²) in [6.45, 7) is 8.72. The number of unbranched alkanes of at least 4 members (excludes halogenated alkanes) is 3. The Morgan fingerprint density at radius 3 is 2.00 bits per heavy atom. The number of rotatable bonds is 16. The molecule has 0 aliphatic heterocycles. The fraction of sp³-hybridized carbons (Fsp3) is 0.441. The Hall–Kier alpha value is -2.54. The zero-order chi connectivity index (χ0) is 29.0. The quantitative estimate of drug-likeness (QED) is 0.145. The number of halogens is 1. The van der Waals surface area contributed by atoms with Crippen molar-refractivity contribution in [1.29, 1.82) is 0 Å². The first kappa shape index (κ1) is 32.0. The van der Waals surface area contributed by atoms with E-state index in [0.29, 0.717) is 23.7 Å². The molecule has 0 aromatic heterocycles. The van der Waals surface area contributed by atoms with Gasteiger partial charge in [0.1, 0.15) is 0 Å². The molecule has 0 aliphatic rings. The van der Waals surface area contributed by atoms with Crippen LogP contribution in [0.3, 0.4) is 0 Å². The van der Waals surface area contributed by atoms with Crippen LogP contribution in [0.25, 0.3) is 0 Å². The number of methoxy groups -OCH3 is 1. The molecule has 0 radical (unpaired) electrons. The molecule has 1 amide bonds. The molecule has 0 atom stereocenters. The van der Waals surface area contributed by atoms with E-state index in [1.54, 1.807) is 25.0 Å². The van der Waals surface area contributed by atoms with Gasteiger partial charge in [-0.1, -0.05) is 0 Å². The predicted molar refractivity (Wildman–Crippen MR) is 167 cm³/mol. The number of hydrogen-bond donors (Lipinski definition) is 0. The zero-order valence-corrected chi connectivity index (χ0v) is 27.8. The third-order valence-electron chi connectivity index (χ3n) is 7.80. The molecule has 0 aliphatic carbocycles. The van der Waals surface area contributed by atoms with Crippen LogP contribution in [0.1, 0.15) is 71.8 Å². The molecular formula is C34H46FNO3Sn. The second kappa shape index (κ2) is 16.0. The van der Waals surface area contributed by atoms with E-state index in [4.69, 9.17) is 9.47 Å².